The lowest BCUT2D eigenvalue weighted by molar-refractivity contribution is 0.0676. The van der Waals surface area contributed by atoms with E-state index in [1.165, 1.54) is 11.0 Å². The van der Waals surface area contributed by atoms with Gasteiger partial charge >= 0.3 is 5.63 Å². The summed E-state index contributed by atoms with van der Waals surface area (Å²) >= 11 is 0. The number of fused-ring (bicyclic) bond motifs is 1. The number of anilines is 1. The van der Waals surface area contributed by atoms with Crippen molar-refractivity contribution in [2.45, 2.75) is 19.0 Å². The number of carbonyl (C=O) groups excluding carboxylic acids is 1. The fourth-order valence-electron chi connectivity index (χ4n) is 3.85. The second kappa shape index (κ2) is 8.19. The number of hydrogen-bond acceptors (Lipinski definition) is 6. The summed E-state index contributed by atoms with van der Waals surface area (Å²) in [5.41, 5.74) is 1.46. The zero-order chi connectivity index (χ0) is 22.2. The van der Waals surface area contributed by atoms with Crippen molar-refractivity contribution < 1.29 is 17.6 Å². The molecule has 162 valence electrons. The molecule has 1 atom stereocenters. The van der Waals surface area contributed by atoms with Gasteiger partial charge in [0, 0.05) is 37.8 Å². The normalized spacial score (nSPS) is 17.5. The number of para-hydroxylation sites is 1. The highest BCUT2D eigenvalue weighted by atomic mass is 32.2. The van der Waals surface area contributed by atoms with Crippen LogP contribution < -0.4 is 10.5 Å². The third-order valence-corrected chi connectivity index (χ3v) is 7.34. The summed E-state index contributed by atoms with van der Waals surface area (Å²) in [4.78, 5) is 29.5. The molecule has 0 radical (unpaired) electrons. The Kier molecular flexibility index (Phi) is 5.58. The van der Waals surface area contributed by atoms with E-state index in [1.807, 2.05) is 43.3 Å². The molecular weight excluding hydrogens is 416 g/mol. The molecule has 1 saturated heterocycles. The van der Waals surface area contributed by atoms with Crippen molar-refractivity contribution in [3.05, 3.63) is 76.1 Å². The summed E-state index contributed by atoms with van der Waals surface area (Å²) in [6.07, 6.45) is 0.350. The van der Waals surface area contributed by atoms with E-state index in [0.717, 1.165) is 11.3 Å². The van der Waals surface area contributed by atoms with Gasteiger partial charge in [0.2, 0.25) is 0 Å². The Morgan fingerprint density at radius 1 is 1.10 bits per heavy atom. The molecule has 2 aromatic carbocycles. The first-order valence-corrected chi connectivity index (χ1v) is 11.9. The Labute approximate surface area is 180 Å². The molecule has 3 aromatic rings. The highest BCUT2D eigenvalue weighted by molar-refractivity contribution is 7.91. The fraction of sp³-hybridized carbons (Fsp3) is 0.304. The van der Waals surface area contributed by atoms with Gasteiger partial charge in [-0.2, -0.15) is 0 Å². The lowest BCUT2D eigenvalue weighted by atomic mass is 10.1. The van der Waals surface area contributed by atoms with E-state index in [2.05, 4.69) is 0 Å². The van der Waals surface area contributed by atoms with Gasteiger partial charge in [-0.1, -0.05) is 30.3 Å². The Morgan fingerprint density at radius 3 is 2.45 bits per heavy atom. The van der Waals surface area contributed by atoms with Crippen LogP contribution in [0.15, 0.2) is 63.8 Å². The molecule has 1 amide bonds. The maximum absolute atomic E-state index is 13.4. The molecule has 0 unspecified atom stereocenters. The number of amides is 1. The van der Waals surface area contributed by atoms with Crippen LogP contribution in [0.4, 0.5) is 5.69 Å². The maximum atomic E-state index is 13.4. The molecule has 0 N–H and O–H groups in total. The first kappa shape index (κ1) is 21.1. The Bertz CT molecular complexity index is 1280. The lowest BCUT2D eigenvalue weighted by Crippen LogP contribution is -2.42. The largest absolute Gasteiger partial charge is 0.422 e. The Morgan fingerprint density at radius 2 is 1.81 bits per heavy atom. The number of carbonyl (C=O) groups is 1. The average Bonchev–Trinajstić information content (AvgIpc) is 3.10. The fourth-order valence-corrected chi connectivity index (χ4v) is 5.58. The van der Waals surface area contributed by atoms with Crippen molar-refractivity contribution in [2.75, 3.05) is 30.5 Å². The molecule has 7 nitrogen and oxygen atoms in total. The summed E-state index contributed by atoms with van der Waals surface area (Å²) in [6.45, 7) is 0.207. The van der Waals surface area contributed by atoms with Crippen LogP contribution in [-0.2, 0) is 16.4 Å². The van der Waals surface area contributed by atoms with Crippen molar-refractivity contribution in [3.63, 3.8) is 0 Å². The number of hydrogen-bond donors (Lipinski definition) is 0. The second-order valence-electron chi connectivity index (χ2n) is 8.04. The summed E-state index contributed by atoms with van der Waals surface area (Å²) in [7, 11) is 0.662. The number of rotatable bonds is 5. The second-order valence-corrected chi connectivity index (χ2v) is 10.3. The lowest BCUT2D eigenvalue weighted by Gasteiger charge is -2.28. The number of benzene rings is 2. The molecule has 4 rings (SSSR count). The Hall–Kier alpha value is -3.13. The van der Waals surface area contributed by atoms with Crippen LogP contribution in [0.5, 0.6) is 0 Å². The zero-order valence-corrected chi connectivity index (χ0v) is 18.3. The highest BCUT2D eigenvalue weighted by Gasteiger charge is 2.36. The third kappa shape index (κ3) is 4.49. The van der Waals surface area contributed by atoms with Gasteiger partial charge in [-0.25, -0.2) is 13.2 Å². The maximum Gasteiger partial charge on any atom is 0.349 e. The van der Waals surface area contributed by atoms with Crippen molar-refractivity contribution in [3.8, 4) is 0 Å². The van der Waals surface area contributed by atoms with Crippen LogP contribution in [0.3, 0.4) is 0 Å². The van der Waals surface area contributed by atoms with Crippen molar-refractivity contribution >= 4 is 32.4 Å². The molecular formula is C23H24N2O5S. The third-order valence-electron chi connectivity index (χ3n) is 5.59. The van der Waals surface area contributed by atoms with Crippen molar-refractivity contribution in [2.24, 2.45) is 0 Å². The Balaban J connectivity index is 1.71. The molecule has 0 saturated carbocycles. The first-order chi connectivity index (χ1) is 14.7. The molecule has 1 aliphatic heterocycles. The smallest absolute Gasteiger partial charge is 0.349 e. The predicted molar refractivity (Wildman–Crippen MR) is 120 cm³/mol. The minimum atomic E-state index is -3.21. The van der Waals surface area contributed by atoms with Gasteiger partial charge in [0.1, 0.15) is 11.1 Å². The van der Waals surface area contributed by atoms with E-state index in [-0.39, 0.29) is 23.6 Å². The summed E-state index contributed by atoms with van der Waals surface area (Å²) in [5.74, 6) is -0.584. The van der Waals surface area contributed by atoms with Crippen molar-refractivity contribution in [1.82, 2.24) is 4.90 Å². The molecule has 31 heavy (non-hydrogen) atoms. The standard InChI is InChI=1S/C23H24N2O5S/c1-24(2)18-9-7-16(8-10-18)14-25(19-11-12-31(28,29)15-19)22(26)20-13-17-5-3-4-6-21(17)30-23(20)27/h3-10,13,19H,11-12,14-15H2,1-2H3/t19-/m0/s1. The molecule has 2 heterocycles. The van der Waals surface area contributed by atoms with E-state index < -0.39 is 27.4 Å². The van der Waals surface area contributed by atoms with Crippen LogP contribution in [-0.4, -0.2) is 50.9 Å². The van der Waals surface area contributed by atoms with Gasteiger partial charge in [-0.05, 0) is 36.2 Å². The van der Waals surface area contributed by atoms with E-state index in [0.29, 0.717) is 17.4 Å². The summed E-state index contributed by atoms with van der Waals surface area (Å²) in [5, 5.41) is 0.639. The van der Waals surface area contributed by atoms with E-state index >= 15 is 0 Å². The van der Waals surface area contributed by atoms with Gasteiger partial charge in [0.05, 0.1) is 11.5 Å². The van der Waals surface area contributed by atoms with Crippen LogP contribution in [0, 0.1) is 0 Å². The molecule has 8 heteroatoms. The van der Waals surface area contributed by atoms with E-state index in [4.69, 9.17) is 4.42 Å². The molecule has 0 aliphatic carbocycles. The monoisotopic (exact) mass is 440 g/mol. The van der Waals surface area contributed by atoms with Gasteiger partial charge in [0.15, 0.2) is 9.84 Å². The summed E-state index contributed by atoms with van der Waals surface area (Å²) in [6, 6.07) is 15.7. The minimum absolute atomic E-state index is 0.0351. The van der Waals surface area contributed by atoms with Crippen LogP contribution in [0.2, 0.25) is 0 Å². The van der Waals surface area contributed by atoms with Crippen LogP contribution >= 0.6 is 0 Å². The summed E-state index contributed by atoms with van der Waals surface area (Å²) < 4.78 is 29.5. The molecule has 0 spiro atoms. The topological polar surface area (TPSA) is 87.9 Å². The molecule has 1 fully saturated rings. The SMILES string of the molecule is CN(C)c1ccc(CN(C(=O)c2cc3ccccc3oc2=O)[C@H]2CCS(=O)(=O)C2)cc1. The number of nitrogens with zero attached hydrogens (tertiary/aromatic N) is 2. The zero-order valence-electron chi connectivity index (χ0n) is 17.4. The molecule has 1 aromatic heterocycles. The van der Waals surface area contributed by atoms with Crippen LogP contribution in [0.25, 0.3) is 11.0 Å². The van der Waals surface area contributed by atoms with Gasteiger partial charge in [-0.3, -0.25) is 4.79 Å². The quantitative estimate of drug-likeness (QED) is 0.567. The van der Waals surface area contributed by atoms with Crippen molar-refractivity contribution in [1.29, 1.82) is 0 Å². The van der Waals surface area contributed by atoms with Crippen LogP contribution in [0.1, 0.15) is 22.3 Å². The number of sulfone groups is 1. The predicted octanol–water partition coefficient (Wildman–Crippen LogP) is 2.69. The average molecular weight is 441 g/mol. The van der Waals surface area contributed by atoms with Gasteiger partial charge < -0.3 is 14.2 Å². The van der Waals surface area contributed by atoms with E-state index in [1.54, 1.807) is 24.3 Å². The minimum Gasteiger partial charge on any atom is -0.422 e. The molecule has 0 bridgehead atoms. The first-order valence-electron chi connectivity index (χ1n) is 10.0. The van der Waals surface area contributed by atoms with Gasteiger partial charge in [0.25, 0.3) is 5.91 Å². The van der Waals surface area contributed by atoms with E-state index in [9.17, 15) is 18.0 Å². The highest BCUT2D eigenvalue weighted by Crippen LogP contribution is 2.24. The molecule has 1 aliphatic rings. The van der Waals surface area contributed by atoms with Gasteiger partial charge in [-0.15, -0.1) is 0 Å².